The van der Waals surface area contributed by atoms with Crippen LogP contribution in [-0.2, 0) is 11.2 Å². The molecular formula is C15H11F2NO3. The van der Waals surface area contributed by atoms with Crippen LogP contribution in [0, 0.1) is 11.6 Å². The van der Waals surface area contributed by atoms with E-state index in [0.29, 0.717) is 5.56 Å². The molecular weight excluding hydrogens is 280 g/mol. The maximum absolute atomic E-state index is 13.5. The molecule has 0 aliphatic heterocycles. The molecule has 0 spiro atoms. The van der Waals surface area contributed by atoms with Crippen LogP contribution < -0.4 is 5.32 Å². The van der Waals surface area contributed by atoms with Gasteiger partial charge in [-0.05, 0) is 35.9 Å². The Balaban J connectivity index is 2.10. The summed E-state index contributed by atoms with van der Waals surface area (Å²) in [5.74, 6) is -2.89. The molecule has 0 saturated carbocycles. The molecule has 0 aromatic heterocycles. The van der Waals surface area contributed by atoms with Crippen LogP contribution >= 0.6 is 0 Å². The molecule has 4 nitrogen and oxygen atoms in total. The molecule has 0 bridgehead atoms. The van der Waals surface area contributed by atoms with Crippen molar-refractivity contribution in [2.75, 3.05) is 5.32 Å². The summed E-state index contributed by atoms with van der Waals surface area (Å²) in [5.41, 5.74) is 0.221. The summed E-state index contributed by atoms with van der Waals surface area (Å²) < 4.78 is 26.3. The van der Waals surface area contributed by atoms with Gasteiger partial charge in [-0.2, -0.15) is 0 Å². The average molecular weight is 291 g/mol. The van der Waals surface area contributed by atoms with Gasteiger partial charge in [-0.3, -0.25) is 4.79 Å². The normalized spacial score (nSPS) is 10.2. The van der Waals surface area contributed by atoms with Gasteiger partial charge in [-0.25, -0.2) is 13.6 Å². The second-order valence-corrected chi connectivity index (χ2v) is 4.35. The van der Waals surface area contributed by atoms with E-state index in [4.69, 9.17) is 5.11 Å². The fourth-order valence-corrected chi connectivity index (χ4v) is 1.74. The molecule has 0 aliphatic rings. The maximum Gasteiger partial charge on any atom is 0.335 e. The molecule has 2 rings (SSSR count). The predicted octanol–water partition coefficient (Wildman–Crippen LogP) is 2.84. The first-order valence-corrected chi connectivity index (χ1v) is 6.03. The average Bonchev–Trinajstić information content (AvgIpc) is 2.43. The van der Waals surface area contributed by atoms with Gasteiger partial charge in [-0.1, -0.05) is 12.1 Å². The highest BCUT2D eigenvalue weighted by atomic mass is 19.1. The third kappa shape index (κ3) is 3.85. The van der Waals surface area contributed by atoms with Gasteiger partial charge in [-0.15, -0.1) is 0 Å². The summed E-state index contributed by atoms with van der Waals surface area (Å²) in [6.07, 6.45) is -0.0724. The highest BCUT2D eigenvalue weighted by Gasteiger charge is 2.11. The van der Waals surface area contributed by atoms with Gasteiger partial charge < -0.3 is 10.4 Å². The first kappa shape index (κ1) is 14.6. The van der Waals surface area contributed by atoms with Crippen molar-refractivity contribution in [2.24, 2.45) is 0 Å². The number of aromatic carboxylic acids is 1. The van der Waals surface area contributed by atoms with E-state index in [2.05, 4.69) is 5.32 Å². The van der Waals surface area contributed by atoms with Gasteiger partial charge in [0.15, 0.2) is 0 Å². The zero-order chi connectivity index (χ0) is 15.4. The number of benzene rings is 2. The number of hydrogen-bond acceptors (Lipinski definition) is 2. The second-order valence-electron chi connectivity index (χ2n) is 4.35. The van der Waals surface area contributed by atoms with E-state index in [-0.39, 0.29) is 17.7 Å². The number of rotatable bonds is 4. The molecule has 21 heavy (non-hydrogen) atoms. The Morgan fingerprint density at radius 2 is 1.71 bits per heavy atom. The summed E-state index contributed by atoms with van der Waals surface area (Å²) in [6.45, 7) is 0. The van der Waals surface area contributed by atoms with E-state index >= 15 is 0 Å². The molecule has 0 fully saturated rings. The summed E-state index contributed by atoms with van der Waals surface area (Å²) in [7, 11) is 0. The van der Waals surface area contributed by atoms with Crippen molar-refractivity contribution >= 4 is 17.6 Å². The number of nitrogens with one attached hydrogen (secondary N) is 1. The zero-order valence-electron chi connectivity index (χ0n) is 10.8. The van der Waals surface area contributed by atoms with Gasteiger partial charge in [0.1, 0.15) is 11.6 Å². The lowest BCUT2D eigenvalue weighted by Gasteiger charge is -2.07. The van der Waals surface area contributed by atoms with Crippen molar-refractivity contribution in [1.29, 1.82) is 0 Å². The van der Waals surface area contributed by atoms with Crippen LogP contribution in [0.2, 0.25) is 0 Å². The van der Waals surface area contributed by atoms with E-state index in [0.717, 1.165) is 18.2 Å². The van der Waals surface area contributed by atoms with Crippen molar-refractivity contribution in [1.82, 2.24) is 0 Å². The predicted molar refractivity (Wildman–Crippen MR) is 72.1 cm³/mol. The van der Waals surface area contributed by atoms with Gasteiger partial charge in [0.2, 0.25) is 5.91 Å². The highest BCUT2D eigenvalue weighted by molar-refractivity contribution is 5.94. The van der Waals surface area contributed by atoms with Gasteiger partial charge in [0.25, 0.3) is 0 Å². The van der Waals surface area contributed by atoms with Crippen LogP contribution in [0.4, 0.5) is 14.5 Å². The number of carboxylic acids is 1. The SMILES string of the molecule is O=C(Cc1ccc(F)cc1)Nc1cc(C(=O)O)ccc1F. The molecule has 0 aliphatic carbocycles. The second kappa shape index (κ2) is 6.13. The Bertz CT molecular complexity index is 684. The molecule has 108 valence electrons. The van der Waals surface area contributed by atoms with Crippen molar-refractivity contribution in [3.63, 3.8) is 0 Å². The molecule has 0 heterocycles. The van der Waals surface area contributed by atoms with Crippen molar-refractivity contribution in [2.45, 2.75) is 6.42 Å². The van der Waals surface area contributed by atoms with Crippen LogP contribution in [0.25, 0.3) is 0 Å². The number of carbonyl (C=O) groups is 2. The van der Waals surface area contributed by atoms with Crippen LogP contribution in [-0.4, -0.2) is 17.0 Å². The van der Waals surface area contributed by atoms with Crippen LogP contribution in [0.3, 0.4) is 0 Å². The lowest BCUT2D eigenvalue weighted by molar-refractivity contribution is -0.115. The Kier molecular flexibility index (Phi) is 4.27. The van der Waals surface area contributed by atoms with E-state index in [1.807, 2.05) is 0 Å². The van der Waals surface area contributed by atoms with Crippen molar-refractivity contribution < 1.29 is 23.5 Å². The van der Waals surface area contributed by atoms with Gasteiger partial charge >= 0.3 is 5.97 Å². The summed E-state index contributed by atoms with van der Waals surface area (Å²) in [6, 6.07) is 8.44. The molecule has 0 saturated heterocycles. The van der Waals surface area contributed by atoms with Crippen molar-refractivity contribution in [3.8, 4) is 0 Å². The Labute approximate surface area is 119 Å². The quantitative estimate of drug-likeness (QED) is 0.910. The minimum absolute atomic E-state index is 0.0724. The molecule has 2 aromatic rings. The minimum Gasteiger partial charge on any atom is -0.478 e. The third-order valence-electron chi connectivity index (χ3n) is 2.77. The zero-order valence-corrected chi connectivity index (χ0v) is 10.8. The summed E-state index contributed by atoms with van der Waals surface area (Å²) in [4.78, 5) is 22.6. The van der Waals surface area contributed by atoms with Gasteiger partial charge in [0, 0.05) is 0 Å². The monoisotopic (exact) mass is 291 g/mol. The van der Waals surface area contributed by atoms with Crippen molar-refractivity contribution in [3.05, 3.63) is 65.2 Å². The fraction of sp³-hybridized carbons (Fsp3) is 0.0667. The number of anilines is 1. The molecule has 0 atom stereocenters. The topological polar surface area (TPSA) is 66.4 Å². The van der Waals surface area contributed by atoms with Crippen LogP contribution in [0.15, 0.2) is 42.5 Å². The Morgan fingerprint density at radius 3 is 2.33 bits per heavy atom. The largest absolute Gasteiger partial charge is 0.478 e. The lowest BCUT2D eigenvalue weighted by atomic mass is 10.1. The molecule has 2 aromatic carbocycles. The van der Waals surface area contributed by atoms with Crippen LogP contribution in [0.1, 0.15) is 15.9 Å². The molecule has 6 heteroatoms. The molecule has 2 N–H and O–H groups in total. The Morgan fingerprint density at radius 1 is 1.05 bits per heavy atom. The number of hydrogen-bond donors (Lipinski definition) is 2. The minimum atomic E-state index is -1.22. The molecule has 0 radical (unpaired) electrons. The molecule has 0 unspecified atom stereocenters. The van der Waals surface area contributed by atoms with E-state index < -0.39 is 23.5 Å². The van der Waals surface area contributed by atoms with E-state index in [9.17, 15) is 18.4 Å². The summed E-state index contributed by atoms with van der Waals surface area (Å²) >= 11 is 0. The summed E-state index contributed by atoms with van der Waals surface area (Å²) in [5, 5.41) is 11.1. The standard InChI is InChI=1S/C15H11F2NO3/c16-11-4-1-9(2-5-11)7-14(19)18-13-8-10(15(20)21)3-6-12(13)17/h1-6,8H,7H2,(H,18,19)(H,20,21). The Hall–Kier alpha value is -2.76. The first-order valence-electron chi connectivity index (χ1n) is 6.03. The lowest BCUT2D eigenvalue weighted by Crippen LogP contribution is -2.16. The molecule has 1 amide bonds. The highest BCUT2D eigenvalue weighted by Crippen LogP contribution is 2.17. The number of carboxylic acid groups (broad SMARTS) is 1. The number of amides is 1. The first-order chi connectivity index (χ1) is 9.95. The van der Waals surface area contributed by atoms with E-state index in [1.54, 1.807) is 0 Å². The third-order valence-corrected chi connectivity index (χ3v) is 2.77. The maximum atomic E-state index is 13.5. The smallest absolute Gasteiger partial charge is 0.335 e. The number of carbonyl (C=O) groups excluding carboxylic acids is 1. The fourth-order valence-electron chi connectivity index (χ4n) is 1.74. The van der Waals surface area contributed by atoms with E-state index in [1.165, 1.54) is 24.3 Å². The van der Waals surface area contributed by atoms with Crippen LogP contribution in [0.5, 0.6) is 0 Å². The number of halogens is 2. The van der Waals surface area contributed by atoms with Gasteiger partial charge in [0.05, 0.1) is 17.7 Å².